The number of nitrogens with two attached hydrogens (primary N) is 1. The SMILES string of the molecule is Cc1ccc([C@@]2(O)CCN(C(=O)[C@H](N)C(C)C)CC2(C)C)cc1. The molecule has 1 heterocycles. The quantitative estimate of drug-likeness (QED) is 0.899. The number of likely N-dealkylation sites (tertiary alicyclic amines) is 1. The molecule has 1 aromatic carbocycles. The first-order chi connectivity index (χ1) is 10.6. The van der Waals surface area contributed by atoms with Gasteiger partial charge in [-0.2, -0.15) is 0 Å². The van der Waals surface area contributed by atoms with Gasteiger partial charge in [-0.3, -0.25) is 4.79 Å². The molecule has 0 aromatic heterocycles. The number of carbonyl (C=O) groups is 1. The normalized spacial score (nSPS) is 25.5. The second-order valence-corrected chi connectivity index (χ2v) is 7.89. The molecular formula is C19H30N2O2. The van der Waals surface area contributed by atoms with Gasteiger partial charge in [0.15, 0.2) is 0 Å². The van der Waals surface area contributed by atoms with Gasteiger partial charge >= 0.3 is 0 Å². The van der Waals surface area contributed by atoms with Crippen molar-refractivity contribution in [2.75, 3.05) is 13.1 Å². The van der Waals surface area contributed by atoms with Crippen LogP contribution in [0.4, 0.5) is 0 Å². The van der Waals surface area contributed by atoms with Gasteiger partial charge in [0.1, 0.15) is 0 Å². The fourth-order valence-electron chi connectivity index (χ4n) is 3.37. The molecule has 3 N–H and O–H groups in total. The predicted molar refractivity (Wildman–Crippen MR) is 92.9 cm³/mol. The Morgan fingerprint density at radius 2 is 1.83 bits per heavy atom. The van der Waals surface area contributed by atoms with Gasteiger partial charge in [-0.15, -0.1) is 0 Å². The number of piperidine rings is 1. The molecule has 1 fully saturated rings. The molecule has 0 spiro atoms. The number of aliphatic hydroxyl groups is 1. The fourth-order valence-corrected chi connectivity index (χ4v) is 3.37. The first kappa shape index (κ1) is 18.0. The molecule has 128 valence electrons. The summed E-state index contributed by atoms with van der Waals surface area (Å²) in [6, 6.07) is 7.56. The monoisotopic (exact) mass is 318 g/mol. The van der Waals surface area contributed by atoms with Crippen molar-refractivity contribution in [3.8, 4) is 0 Å². The highest BCUT2D eigenvalue weighted by atomic mass is 16.3. The van der Waals surface area contributed by atoms with Crippen molar-refractivity contribution in [2.45, 2.75) is 52.7 Å². The lowest BCUT2D eigenvalue weighted by Crippen LogP contribution is -2.59. The molecule has 1 saturated heterocycles. The lowest BCUT2D eigenvalue weighted by Gasteiger charge is -2.51. The summed E-state index contributed by atoms with van der Waals surface area (Å²) in [5, 5.41) is 11.3. The summed E-state index contributed by atoms with van der Waals surface area (Å²) in [5.41, 5.74) is 6.75. The number of nitrogens with zero attached hydrogens (tertiary/aromatic N) is 1. The minimum absolute atomic E-state index is 0.0148. The summed E-state index contributed by atoms with van der Waals surface area (Å²) in [7, 11) is 0. The molecule has 0 bridgehead atoms. The smallest absolute Gasteiger partial charge is 0.239 e. The number of aryl methyl sites for hydroxylation is 1. The largest absolute Gasteiger partial charge is 0.384 e. The van der Waals surface area contributed by atoms with E-state index in [1.165, 1.54) is 5.56 Å². The molecule has 23 heavy (non-hydrogen) atoms. The Hall–Kier alpha value is -1.39. The first-order valence-electron chi connectivity index (χ1n) is 8.42. The number of hydrogen-bond donors (Lipinski definition) is 2. The standard InChI is InChI=1S/C19H30N2O2/c1-13(2)16(20)17(22)21-11-10-19(23,18(4,5)12-21)15-8-6-14(3)7-9-15/h6-9,13,16,23H,10-12,20H2,1-5H3/t16-,19+/m1/s1. The Morgan fingerprint density at radius 1 is 1.26 bits per heavy atom. The van der Waals surface area contributed by atoms with Crippen LogP contribution in [0.15, 0.2) is 24.3 Å². The predicted octanol–water partition coefficient (Wildman–Crippen LogP) is 2.42. The zero-order chi connectivity index (χ0) is 17.4. The fraction of sp³-hybridized carbons (Fsp3) is 0.632. The van der Waals surface area contributed by atoms with Gasteiger partial charge in [0.05, 0.1) is 11.6 Å². The third-order valence-electron chi connectivity index (χ3n) is 5.29. The van der Waals surface area contributed by atoms with Gasteiger partial charge in [0, 0.05) is 18.5 Å². The van der Waals surface area contributed by atoms with Crippen molar-refractivity contribution in [3.63, 3.8) is 0 Å². The number of rotatable bonds is 3. The van der Waals surface area contributed by atoms with Crippen LogP contribution in [0.25, 0.3) is 0 Å². The van der Waals surface area contributed by atoms with E-state index in [-0.39, 0.29) is 11.8 Å². The number of benzene rings is 1. The summed E-state index contributed by atoms with van der Waals surface area (Å²) in [4.78, 5) is 14.4. The van der Waals surface area contributed by atoms with E-state index in [1.54, 1.807) is 0 Å². The van der Waals surface area contributed by atoms with Crippen molar-refractivity contribution >= 4 is 5.91 Å². The van der Waals surface area contributed by atoms with Crippen molar-refractivity contribution in [1.29, 1.82) is 0 Å². The maximum absolute atomic E-state index is 12.5. The average molecular weight is 318 g/mol. The van der Waals surface area contributed by atoms with Crippen LogP contribution in [-0.4, -0.2) is 35.0 Å². The molecule has 0 radical (unpaired) electrons. The topological polar surface area (TPSA) is 66.6 Å². The number of amides is 1. The van der Waals surface area contributed by atoms with E-state index in [4.69, 9.17) is 5.73 Å². The first-order valence-corrected chi connectivity index (χ1v) is 8.42. The van der Waals surface area contributed by atoms with Gasteiger partial charge in [-0.1, -0.05) is 57.5 Å². The van der Waals surface area contributed by atoms with Crippen LogP contribution in [0, 0.1) is 18.3 Å². The van der Waals surface area contributed by atoms with Crippen LogP contribution in [0.2, 0.25) is 0 Å². The van der Waals surface area contributed by atoms with E-state index in [1.807, 2.05) is 63.8 Å². The highest BCUT2D eigenvalue weighted by molar-refractivity contribution is 5.82. The van der Waals surface area contributed by atoms with Crippen LogP contribution in [0.1, 0.15) is 45.2 Å². The lowest BCUT2D eigenvalue weighted by atomic mass is 9.66. The van der Waals surface area contributed by atoms with Crippen molar-refractivity contribution in [1.82, 2.24) is 4.90 Å². The van der Waals surface area contributed by atoms with Crippen molar-refractivity contribution in [3.05, 3.63) is 35.4 Å². The zero-order valence-electron chi connectivity index (χ0n) is 15.0. The number of carbonyl (C=O) groups excluding carboxylic acids is 1. The maximum atomic E-state index is 12.5. The Balaban J connectivity index is 2.23. The molecule has 4 heteroatoms. The van der Waals surface area contributed by atoms with Crippen molar-refractivity contribution in [2.24, 2.45) is 17.1 Å². The van der Waals surface area contributed by atoms with Gasteiger partial charge in [-0.25, -0.2) is 0 Å². The zero-order valence-corrected chi connectivity index (χ0v) is 15.0. The molecule has 0 saturated carbocycles. The summed E-state index contributed by atoms with van der Waals surface area (Å²) in [5.74, 6) is 0.0996. The summed E-state index contributed by atoms with van der Waals surface area (Å²) in [6.07, 6.45) is 0.527. The van der Waals surface area contributed by atoms with E-state index >= 15 is 0 Å². The average Bonchev–Trinajstić information content (AvgIpc) is 2.49. The van der Waals surface area contributed by atoms with Crippen molar-refractivity contribution < 1.29 is 9.90 Å². The van der Waals surface area contributed by atoms with Crippen LogP contribution in [-0.2, 0) is 10.4 Å². The molecule has 1 aromatic rings. The van der Waals surface area contributed by atoms with E-state index in [0.717, 1.165) is 5.56 Å². The van der Waals surface area contributed by atoms with E-state index in [2.05, 4.69) is 0 Å². The molecular weight excluding hydrogens is 288 g/mol. The van der Waals surface area contributed by atoms with E-state index in [0.29, 0.717) is 19.5 Å². The Labute approximate surface area is 139 Å². The van der Waals surface area contributed by atoms with Crippen LogP contribution in [0.3, 0.4) is 0 Å². The van der Waals surface area contributed by atoms with Crippen LogP contribution >= 0.6 is 0 Å². The Bertz CT molecular complexity index is 565. The minimum atomic E-state index is -0.931. The molecule has 2 rings (SSSR count). The Kier molecular flexibility index (Phi) is 4.88. The van der Waals surface area contributed by atoms with E-state index in [9.17, 15) is 9.90 Å². The lowest BCUT2D eigenvalue weighted by molar-refractivity contribution is -0.155. The van der Waals surface area contributed by atoms with Crippen LogP contribution < -0.4 is 5.73 Å². The van der Waals surface area contributed by atoms with Crippen LogP contribution in [0.5, 0.6) is 0 Å². The second-order valence-electron chi connectivity index (χ2n) is 7.89. The third-order valence-corrected chi connectivity index (χ3v) is 5.29. The third kappa shape index (κ3) is 3.29. The molecule has 1 aliphatic rings. The molecule has 1 aliphatic heterocycles. The summed E-state index contributed by atoms with van der Waals surface area (Å²) < 4.78 is 0. The van der Waals surface area contributed by atoms with Gasteiger partial charge < -0.3 is 15.7 Å². The summed E-state index contributed by atoms with van der Waals surface area (Å²) >= 11 is 0. The molecule has 0 unspecified atom stereocenters. The molecule has 0 aliphatic carbocycles. The highest BCUT2D eigenvalue weighted by Gasteiger charge is 2.50. The minimum Gasteiger partial charge on any atom is -0.384 e. The molecule has 2 atom stereocenters. The van der Waals surface area contributed by atoms with E-state index < -0.39 is 17.1 Å². The van der Waals surface area contributed by atoms with Gasteiger partial charge in [-0.05, 0) is 24.8 Å². The van der Waals surface area contributed by atoms with Gasteiger partial charge in [0.25, 0.3) is 0 Å². The molecule has 1 amide bonds. The Morgan fingerprint density at radius 3 is 2.30 bits per heavy atom. The second kappa shape index (κ2) is 6.25. The van der Waals surface area contributed by atoms with Gasteiger partial charge in [0.2, 0.25) is 5.91 Å². The molecule has 4 nitrogen and oxygen atoms in total. The maximum Gasteiger partial charge on any atom is 0.239 e. The summed E-state index contributed by atoms with van der Waals surface area (Å²) in [6.45, 7) is 11.0. The number of hydrogen-bond acceptors (Lipinski definition) is 3. The highest BCUT2D eigenvalue weighted by Crippen LogP contribution is 2.46.